The second-order valence-corrected chi connectivity index (χ2v) is 12.8. The third-order valence-corrected chi connectivity index (χ3v) is 9.73. The number of thiazole rings is 1. The van der Waals surface area contributed by atoms with Gasteiger partial charge in [-0.1, -0.05) is 30.3 Å². The molecule has 6 nitrogen and oxygen atoms in total. The minimum atomic E-state index is -5.01. The number of piperidine rings is 1. The molecule has 242 valence electrons. The number of carbonyl (C=O) groups excluding carboxylic acids is 2. The van der Waals surface area contributed by atoms with Gasteiger partial charge >= 0.3 is 12.4 Å². The molecule has 2 aliphatic rings. The molecule has 45 heavy (non-hydrogen) atoms. The lowest BCUT2D eigenvalue weighted by molar-refractivity contribution is -0.143. The second kappa shape index (κ2) is 12.7. The van der Waals surface area contributed by atoms with E-state index in [9.17, 15) is 35.9 Å². The molecule has 1 aliphatic carbocycles. The molecule has 1 aliphatic heterocycles. The first-order valence-electron chi connectivity index (χ1n) is 14.8. The van der Waals surface area contributed by atoms with E-state index in [-0.39, 0.29) is 23.6 Å². The first-order chi connectivity index (χ1) is 21.2. The first kappa shape index (κ1) is 32.9. The number of rotatable bonds is 7. The molecule has 2 aromatic carbocycles. The van der Waals surface area contributed by atoms with Gasteiger partial charge in [-0.25, -0.2) is 4.98 Å². The molecule has 1 aromatic heterocycles. The van der Waals surface area contributed by atoms with E-state index in [1.165, 1.54) is 19.4 Å². The van der Waals surface area contributed by atoms with Crippen LogP contribution in [0.15, 0.2) is 53.9 Å². The number of nitrogens with one attached hydrogen (secondary N) is 2. The largest absolute Gasteiger partial charge is 0.416 e. The van der Waals surface area contributed by atoms with Gasteiger partial charge in [-0.3, -0.25) is 9.59 Å². The van der Waals surface area contributed by atoms with Crippen molar-refractivity contribution in [3.63, 3.8) is 0 Å². The number of nitrogens with zero attached hydrogens (tertiary/aromatic N) is 2. The van der Waals surface area contributed by atoms with Crippen molar-refractivity contribution in [2.45, 2.75) is 81.7 Å². The van der Waals surface area contributed by atoms with Crippen molar-refractivity contribution in [2.75, 3.05) is 18.4 Å². The van der Waals surface area contributed by atoms with Gasteiger partial charge in [0.1, 0.15) is 0 Å². The number of anilines is 1. The maximum Gasteiger partial charge on any atom is 0.416 e. The Kier molecular flexibility index (Phi) is 9.33. The highest BCUT2D eigenvalue weighted by molar-refractivity contribution is 7.14. The Morgan fingerprint density at radius 3 is 2.18 bits per heavy atom. The fourth-order valence-electron chi connectivity index (χ4n) is 6.56. The molecule has 5 rings (SSSR count). The second-order valence-electron chi connectivity index (χ2n) is 12.0. The van der Waals surface area contributed by atoms with Crippen LogP contribution in [0.4, 0.5) is 31.5 Å². The highest BCUT2D eigenvalue weighted by Crippen LogP contribution is 2.46. The molecule has 1 saturated carbocycles. The average molecular weight is 653 g/mol. The summed E-state index contributed by atoms with van der Waals surface area (Å²) in [4.78, 5) is 32.7. The number of benzene rings is 2. The lowest BCUT2D eigenvalue weighted by atomic mass is 9.81. The Balaban J connectivity index is 1.39. The molecule has 2 amide bonds. The van der Waals surface area contributed by atoms with Gasteiger partial charge in [0.15, 0.2) is 5.13 Å². The summed E-state index contributed by atoms with van der Waals surface area (Å²) in [5.74, 6) is -0.425. The van der Waals surface area contributed by atoms with Gasteiger partial charge in [-0.2, -0.15) is 26.3 Å². The average Bonchev–Trinajstić information content (AvgIpc) is 3.65. The number of hydrogen-bond donors (Lipinski definition) is 2. The van der Waals surface area contributed by atoms with Crippen molar-refractivity contribution in [2.24, 2.45) is 0 Å². The van der Waals surface area contributed by atoms with Crippen molar-refractivity contribution in [1.82, 2.24) is 15.2 Å². The van der Waals surface area contributed by atoms with Crippen LogP contribution in [0.2, 0.25) is 0 Å². The monoisotopic (exact) mass is 652 g/mol. The first-order valence-corrected chi connectivity index (χ1v) is 15.7. The van der Waals surface area contributed by atoms with Crippen molar-refractivity contribution in [3.05, 3.63) is 81.9 Å². The van der Waals surface area contributed by atoms with Gasteiger partial charge in [0.05, 0.1) is 28.3 Å². The molecule has 3 unspecified atom stereocenters. The molecule has 0 radical (unpaired) electrons. The number of aromatic nitrogens is 1. The lowest BCUT2D eigenvalue weighted by Crippen LogP contribution is -2.46. The van der Waals surface area contributed by atoms with Gasteiger partial charge in [0.25, 0.3) is 0 Å². The summed E-state index contributed by atoms with van der Waals surface area (Å²) in [5.41, 5.74) is -2.66. The number of alkyl halides is 6. The minimum Gasteiger partial charge on any atom is -0.349 e. The van der Waals surface area contributed by atoms with Crippen LogP contribution in [0.1, 0.15) is 85.9 Å². The molecule has 0 bridgehead atoms. The summed E-state index contributed by atoms with van der Waals surface area (Å²) in [7, 11) is 0. The molecule has 2 fully saturated rings. The topological polar surface area (TPSA) is 74.3 Å². The Bertz CT molecular complexity index is 1490. The van der Waals surface area contributed by atoms with Crippen molar-refractivity contribution < 1.29 is 35.9 Å². The molecular weight excluding hydrogens is 618 g/mol. The highest BCUT2D eigenvalue weighted by Gasteiger charge is 2.50. The summed E-state index contributed by atoms with van der Waals surface area (Å²) in [6.07, 6.45) is -6.68. The van der Waals surface area contributed by atoms with Crippen LogP contribution in [0.25, 0.3) is 0 Å². The summed E-state index contributed by atoms with van der Waals surface area (Å²) < 4.78 is 81.2. The van der Waals surface area contributed by atoms with Crippen molar-refractivity contribution in [3.8, 4) is 0 Å². The van der Waals surface area contributed by atoms with Gasteiger partial charge in [-0.15, -0.1) is 11.3 Å². The summed E-state index contributed by atoms with van der Waals surface area (Å²) in [5, 5.41) is 7.33. The van der Waals surface area contributed by atoms with Crippen LogP contribution in [-0.2, 0) is 27.4 Å². The number of hydrogen-bond acceptors (Lipinski definition) is 5. The van der Waals surface area contributed by atoms with E-state index in [0.717, 1.165) is 37.3 Å². The van der Waals surface area contributed by atoms with Crippen molar-refractivity contribution >= 4 is 28.3 Å². The third kappa shape index (κ3) is 7.35. The normalized spacial score (nSPS) is 22.3. The highest BCUT2D eigenvalue weighted by atomic mass is 32.1. The standard InChI is InChI=1S/C32H34F6N4O2S/c1-19(23-14-24(31(33,34)35)16-25(15-23)32(36,37)38)39-28(44)30(27-18-45-29(41-27)40-20(2)43)11-8-26(17-30)42-12-9-22(10-13-42)21-6-4-3-5-7-21/h3-7,14-16,18-19,22,26H,8-13,17H2,1-2H3,(H,39,44)(H,40,41,43). The maximum absolute atomic E-state index is 14.1. The molecule has 0 spiro atoms. The third-order valence-electron chi connectivity index (χ3n) is 8.98. The van der Waals surface area contributed by atoms with Crippen LogP contribution < -0.4 is 10.6 Å². The van der Waals surface area contributed by atoms with E-state index in [1.54, 1.807) is 5.38 Å². The summed E-state index contributed by atoms with van der Waals surface area (Å²) in [6.45, 7) is 4.36. The van der Waals surface area contributed by atoms with E-state index >= 15 is 0 Å². The molecule has 2 heterocycles. The van der Waals surface area contributed by atoms with Crippen LogP contribution in [0.3, 0.4) is 0 Å². The summed E-state index contributed by atoms with van der Waals surface area (Å²) >= 11 is 1.15. The molecule has 13 heteroatoms. The van der Waals surface area contributed by atoms with Gasteiger partial charge < -0.3 is 15.5 Å². The maximum atomic E-state index is 14.1. The SMILES string of the molecule is CC(=O)Nc1nc(C2(C(=O)NC(C)c3cc(C(F)(F)F)cc(C(F)(F)F)c3)CCC(N3CCC(c4ccccc4)CC3)C2)cs1. The van der Waals surface area contributed by atoms with E-state index in [4.69, 9.17) is 0 Å². The van der Waals surface area contributed by atoms with E-state index in [2.05, 4.69) is 32.7 Å². The Morgan fingerprint density at radius 1 is 0.978 bits per heavy atom. The zero-order chi connectivity index (χ0) is 32.6. The van der Waals surface area contributed by atoms with Crippen LogP contribution in [0, 0.1) is 0 Å². The molecule has 1 saturated heterocycles. The van der Waals surface area contributed by atoms with E-state index in [1.807, 2.05) is 18.2 Å². The number of amides is 2. The minimum absolute atomic E-state index is 0.0269. The Labute approximate surface area is 261 Å². The molecule has 3 atom stereocenters. The van der Waals surface area contributed by atoms with Crippen LogP contribution in [-0.4, -0.2) is 40.8 Å². The number of carbonyl (C=O) groups is 2. The van der Waals surface area contributed by atoms with Crippen LogP contribution in [0.5, 0.6) is 0 Å². The Morgan fingerprint density at radius 2 is 1.60 bits per heavy atom. The van der Waals surface area contributed by atoms with Crippen LogP contribution >= 0.6 is 11.3 Å². The smallest absolute Gasteiger partial charge is 0.349 e. The molecular formula is C32H34F6N4O2S. The zero-order valence-corrected chi connectivity index (χ0v) is 25.6. The fraction of sp³-hybridized carbons (Fsp3) is 0.469. The predicted octanol–water partition coefficient (Wildman–Crippen LogP) is 7.69. The van der Waals surface area contributed by atoms with E-state index < -0.39 is 40.8 Å². The molecule has 3 aromatic rings. The number of likely N-dealkylation sites (tertiary alicyclic amines) is 1. The molecule has 2 N–H and O–H groups in total. The predicted molar refractivity (Wildman–Crippen MR) is 159 cm³/mol. The van der Waals surface area contributed by atoms with E-state index in [0.29, 0.717) is 48.1 Å². The van der Waals surface area contributed by atoms with Crippen molar-refractivity contribution in [1.29, 1.82) is 0 Å². The van der Waals surface area contributed by atoms with Gasteiger partial charge in [-0.05, 0) is 87.4 Å². The fourth-order valence-corrected chi connectivity index (χ4v) is 7.41. The lowest BCUT2D eigenvalue weighted by Gasteiger charge is -2.37. The summed E-state index contributed by atoms with van der Waals surface area (Å²) in [6, 6.07) is 10.5. The Hall–Kier alpha value is -3.45. The zero-order valence-electron chi connectivity index (χ0n) is 24.8. The quantitative estimate of drug-likeness (QED) is 0.257. The van der Waals surface area contributed by atoms with Gasteiger partial charge in [0.2, 0.25) is 11.8 Å². The van der Waals surface area contributed by atoms with Gasteiger partial charge in [0, 0.05) is 18.3 Å². The number of halogens is 6.